The summed E-state index contributed by atoms with van der Waals surface area (Å²) in [5, 5.41) is 0. The van der Waals surface area contributed by atoms with Gasteiger partial charge in [-0.2, -0.15) is 0 Å². The lowest BCUT2D eigenvalue weighted by Gasteiger charge is -2.10. The summed E-state index contributed by atoms with van der Waals surface area (Å²) >= 11 is 0. The summed E-state index contributed by atoms with van der Waals surface area (Å²) in [6.07, 6.45) is 1.64. The number of pyridine rings is 1. The molecule has 0 amide bonds. The fourth-order valence-electron chi connectivity index (χ4n) is 3.65. The zero-order chi connectivity index (χ0) is 19.4. The summed E-state index contributed by atoms with van der Waals surface area (Å²) in [5.74, 6) is 3.71. The molecule has 0 unspecified atom stereocenters. The fraction of sp³-hybridized carbons (Fsp3) is 0.143. The second-order valence-corrected chi connectivity index (χ2v) is 6.89. The molecule has 4 aromatic rings. The molecule has 0 radical (unpaired) electrons. The molecular weight excluding hydrogens is 372 g/mol. The van der Waals surface area contributed by atoms with Crippen molar-refractivity contribution in [3.8, 4) is 34.4 Å². The van der Waals surface area contributed by atoms with E-state index in [0.717, 1.165) is 45.4 Å². The summed E-state index contributed by atoms with van der Waals surface area (Å²) in [6, 6.07) is 13.5. The Morgan fingerprint density at radius 1 is 0.862 bits per heavy atom. The number of rotatable bonds is 3. The molecule has 2 aliphatic rings. The van der Waals surface area contributed by atoms with E-state index in [4.69, 9.17) is 29.7 Å². The molecule has 8 nitrogen and oxygen atoms in total. The predicted molar refractivity (Wildman–Crippen MR) is 105 cm³/mol. The van der Waals surface area contributed by atoms with E-state index in [9.17, 15) is 0 Å². The van der Waals surface area contributed by atoms with E-state index < -0.39 is 0 Å². The molecule has 4 heterocycles. The third kappa shape index (κ3) is 2.60. The number of ether oxygens (including phenoxy) is 4. The van der Waals surface area contributed by atoms with E-state index in [1.54, 1.807) is 6.20 Å². The zero-order valence-electron chi connectivity index (χ0n) is 15.3. The highest BCUT2D eigenvalue weighted by atomic mass is 16.7. The van der Waals surface area contributed by atoms with E-state index in [0.29, 0.717) is 18.0 Å². The van der Waals surface area contributed by atoms with Crippen molar-refractivity contribution in [3.05, 3.63) is 54.2 Å². The highest BCUT2D eigenvalue weighted by Gasteiger charge is 2.20. The second-order valence-electron chi connectivity index (χ2n) is 6.89. The first-order valence-corrected chi connectivity index (χ1v) is 9.15. The molecule has 0 saturated heterocycles. The third-order valence-electron chi connectivity index (χ3n) is 5.01. The minimum atomic E-state index is 0.227. The molecule has 0 bridgehead atoms. The molecule has 6 rings (SSSR count). The Kier molecular flexibility index (Phi) is 3.34. The maximum Gasteiger partial charge on any atom is 0.231 e. The average Bonchev–Trinajstić information content (AvgIpc) is 3.45. The molecule has 2 N–H and O–H groups in total. The molecule has 0 fully saturated rings. The Balaban J connectivity index is 1.49. The molecule has 2 aliphatic heterocycles. The number of imidazole rings is 1. The minimum Gasteiger partial charge on any atom is -0.454 e. The maximum atomic E-state index is 5.93. The van der Waals surface area contributed by atoms with Crippen molar-refractivity contribution in [2.45, 2.75) is 6.54 Å². The van der Waals surface area contributed by atoms with Gasteiger partial charge in [-0.1, -0.05) is 6.07 Å². The van der Waals surface area contributed by atoms with Gasteiger partial charge in [0.05, 0.1) is 18.4 Å². The molecule has 0 saturated carbocycles. The van der Waals surface area contributed by atoms with Gasteiger partial charge in [-0.25, -0.2) is 9.97 Å². The number of hydrogen-bond acceptors (Lipinski definition) is 7. The molecule has 29 heavy (non-hydrogen) atoms. The van der Waals surface area contributed by atoms with Crippen LogP contribution in [0.3, 0.4) is 0 Å². The van der Waals surface area contributed by atoms with Crippen molar-refractivity contribution in [1.82, 2.24) is 14.5 Å². The van der Waals surface area contributed by atoms with E-state index in [2.05, 4.69) is 9.55 Å². The molecule has 0 spiro atoms. The smallest absolute Gasteiger partial charge is 0.231 e. The lowest BCUT2D eigenvalue weighted by atomic mass is 10.1. The molecular formula is C21H16N4O4. The molecule has 0 atom stereocenters. The van der Waals surface area contributed by atoms with Gasteiger partial charge < -0.3 is 29.2 Å². The molecule has 8 heteroatoms. The monoisotopic (exact) mass is 388 g/mol. The molecule has 0 aliphatic carbocycles. The van der Waals surface area contributed by atoms with Gasteiger partial charge in [0.1, 0.15) is 11.3 Å². The molecule has 2 aromatic carbocycles. The Labute approximate surface area is 165 Å². The normalized spacial score (nSPS) is 13.9. The standard InChI is InChI=1S/C21H16N4O4/c22-14-7-15-21(23-8-14)25(9-12-1-3-16-18(5-12)28-10-26-16)20(24-15)13-2-4-17-19(6-13)29-11-27-17/h1-8H,9-11,22H2. The Morgan fingerprint density at radius 2 is 1.59 bits per heavy atom. The second kappa shape index (κ2) is 6.03. The number of nitrogens with zero attached hydrogens (tertiary/aromatic N) is 3. The third-order valence-corrected chi connectivity index (χ3v) is 5.01. The minimum absolute atomic E-state index is 0.227. The van der Waals surface area contributed by atoms with Crippen molar-refractivity contribution in [1.29, 1.82) is 0 Å². The molecule has 2 aromatic heterocycles. The van der Waals surface area contributed by atoms with Crippen LogP contribution in [0.4, 0.5) is 5.69 Å². The van der Waals surface area contributed by atoms with Crippen molar-refractivity contribution in [3.63, 3.8) is 0 Å². The van der Waals surface area contributed by atoms with Crippen LogP contribution in [0.25, 0.3) is 22.6 Å². The van der Waals surface area contributed by atoms with Crippen LogP contribution in [0.5, 0.6) is 23.0 Å². The number of nitrogen functional groups attached to an aromatic ring is 1. The van der Waals surface area contributed by atoms with Crippen LogP contribution >= 0.6 is 0 Å². The number of anilines is 1. The first-order chi connectivity index (χ1) is 14.2. The van der Waals surface area contributed by atoms with Crippen LogP contribution in [0.1, 0.15) is 5.56 Å². The largest absolute Gasteiger partial charge is 0.454 e. The van der Waals surface area contributed by atoms with E-state index in [1.165, 1.54) is 0 Å². The molecule has 144 valence electrons. The summed E-state index contributed by atoms with van der Waals surface area (Å²) < 4.78 is 24.0. The van der Waals surface area contributed by atoms with Crippen LogP contribution in [0.2, 0.25) is 0 Å². The Hall–Kier alpha value is -3.94. The number of nitrogens with two attached hydrogens (primary N) is 1. The average molecular weight is 388 g/mol. The van der Waals surface area contributed by atoms with Gasteiger partial charge in [0.15, 0.2) is 28.6 Å². The SMILES string of the molecule is Nc1cnc2c(c1)nc(-c1ccc3c(c1)OCO3)n2Cc1ccc2c(c1)OCO2. The van der Waals surface area contributed by atoms with Gasteiger partial charge in [-0.3, -0.25) is 0 Å². The van der Waals surface area contributed by atoms with Gasteiger partial charge in [-0.15, -0.1) is 0 Å². The highest BCUT2D eigenvalue weighted by molar-refractivity contribution is 5.80. The van der Waals surface area contributed by atoms with E-state index in [1.807, 2.05) is 42.5 Å². The number of fused-ring (bicyclic) bond motifs is 3. The van der Waals surface area contributed by atoms with Crippen LogP contribution in [-0.4, -0.2) is 28.1 Å². The highest BCUT2D eigenvalue weighted by Crippen LogP contribution is 2.37. The summed E-state index contributed by atoms with van der Waals surface area (Å²) in [7, 11) is 0. The van der Waals surface area contributed by atoms with Crippen LogP contribution < -0.4 is 24.7 Å². The lowest BCUT2D eigenvalue weighted by molar-refractivity contribution is 0.173. The van der Waals surface area contributed by atoms with Crippen molar-refractivity contribution in [2.75, 3.05) is 19.3 Å². The number of aromatic nitrogens is 3. The Bertz CT molecular complexity index is 1270. The summed E-state index contributed by atoms with van der Waals surface area (Å²) in [6.45, 7) is 1.04. The quantitative estimate of drug-likeness (QED) is 0.576. The van der Waals surface area contributed by atoms with Gasteiger partial charge in [0.2, 0.25) is 13.6 Å². The van der Waals surface area contributed by atoms with Crippen LogP contribution in [0, 0.1) is 0 Å². The first kappa shape index (κ1) is 16.1. The van der Waals surface area contributed by atoms with Crippen molar-refractivity contribution in [2.24, 2.45) is 0 Å². The van der Waals surface area contributed by atoms with Gasteiger partial charge >= 0.3 is 0 Å². The number of hydrogen-bond donors (Lipinski definition) is 1. The topological polar surface area (TPSA) is 93.7 Å². The first-order valence-electron chi connectivity index (χ1n) is 9.15. The van der Waals surface area contributed by atoms with Gasteiger partial charge in [0.25, 0.3) is 0 Å². The van der Waals surface area contributed by atoms with Crippen molar-refractivity contribution < 1.29 is 18.9 Å². The fourth-order valence-corrected chi connectivity index (χ4v) is 3.65. The predicted octanol–water partition coefficient (Wildman–Crippen LogP) is 3.19. The van der Waals surface area contributed by atoms with Gasteiger partial charge in [0, 0.05) is 5.56 Å². The van der Waals surface area contributed by atoms with Crippen LogP contribution in [0.15, 0.2) is 48.7 Å². The number of benzene rings is 2. The summed E-state index contributed by atoms with van der Waals surface area (Å²) in [5.41, 5.74) is 9.95. The van der Waals surface area contributed by atoms with Crippen molar-refractivity contribution >= 4 is 16.9 Å². The maximum absolute atomic E-state index is 5.93. The Morgan fingerprint density at radius 3 is 2.41 bits per heavy atom. The summed E-state index contributed by atoms with van der Waals surface area (Å²) in [4.78, 5) is 9.34. The van der Waals surface area contributed by atoms with E-state index >= 15 is 0 Å². The van der Waals surface area contributed by atoms with Crippen LogP contribution in [-0.2, 0) is 6.54 Å². The van der Waals surface area contributed by atoms with E-state index in [-0.39, 0.29) is 13.6 Å². The zero-order valence-corrected chi connectivity index (χ0v) is 15.3. The lowest BCUT2D eigenvalue weighted by Crippen LogP contribution is -2.03. The van der Waals surface area contributed by atoms with Gasteiger partial charge in [-0.05, 0) is 42.0 Å².